The minimum atomic E-state index is 0. The normalized spacial score (nSPS) is 9.00. The molecule has 0 atom stereocenters. The summed E-state index contributed by atoms with van der Waals surface area (Å²) in [5.41, 5.74) is 0. The standard InChI is InChI=1S/C6H14O3.Ho/c1-7-3-5-9-6-4-8-2;/h3-6H2,1-2H3;. The monoisotopic (exact) mass is 299 g/mol. The first-order valence-corrected chi connectivity index (χ1v) is 2.97. The van der Waals surface area contributed by atoms with Crippen molar-refractivity contribution in [3.8, 4) is 0 Å². The molecule has 0 aliphatic carbocycles. The van der Waals surface area contributed by atoms with Crippen LogP contribution in [0.5, 0.6) is 0 Å². The average Bonchev–Trinajstić information content (AvgIpc) is 1.89. The summed E-state index contributed by atoms with van der Waals surface area (Å²) in [5, 5.41) is 0. The topological polar surface area (TPSA) is 27.7 Å². The fourth-order valence-electron chi connectivity index (χ4n) is 0.387. The van der Waals surface area contributed by atoms with Crippen molar-refractivity contribution in [2.45, 2.75) is 0 Å². The largest absolute Gasteiger partial charge is 0.382 e. The van der Waals surface area contributed by atoms with E-state index in [1.165, 1.54) is 0 Å². The quantitative estimate of drug-likeness (QED) is 0.521. The zero-order valence-electron chi connectivity index (χ0n) is 6.35. The SMILES string of the molecule is COCCOCCOC.[Ho]. The van der Waals surface area contributed by atoms with Crippen LogP contribution in [0.15, 0.2) is 0 Å². The molecule has 0 saturated heterocycles. The van der Waals surface area contributed by atoms with Gasteiger partial charge in [0.15, 0.2) is 0 Å². The van der Waals surface area contributed by atoms with Gasteiger partial charge in [-0.25, -0.2) is 0 Å². The van der Waals surface area contributed by atoms with E-state index >= 15 is 0 Å². The van der Waals surface area contributed by atoms with Crippen LogP contribution in [-0.2, 0) is 14.2 Å². The van der Waals surface area contributed by atoms with Crippen LogP contribution in [0.4, 0.5) is 0 Å². The van der Waals surface area contributed by atoms with Crippen LogP contribution >= 0.6 is 0 Å². The Kier molecular flexibility index (Phi) is 17.5. The Morgan fingerprint density at radius 1 is 0.800 bits per heavy atom. The van der Waals surface area contributed by atoms with Crippen molar-refractivity contribution in [3.63, 3.8) is 0 Å². The zero-order chi connectivity index (χ0) is 6.95. The van der Waals surface area contributed by atoms with Crippen LogP contribution in [0.2, 0.25) is 0 Å². The van der Waals surface area contributed by atoms with Crippen LogP contribution in [-0.4, -0.2) is 40.6 Å². The molecule has 0 aliphatic heterocycles. The first-order valence-electron chi connectivity index (χ1n) is 2.97. The van der Waals surface area contributed by atoms with Gasteiger partial charge in [0.1, 0.15) is 0 Å². The van der Waals surface area contributed by atoms with E-state index in [-0.39, 0.29) is 37.7 Å². The molecular weight excluding hydrogens is 285 g/mol. The first-order chi connectivity index (χ1) is 4.41. The van der Waals surface area contributed by atoms with Crippen LogP contribution in [0.1, 0.15) is 0 Å². The summed E-state index contributed by atoms with van der Waals surface area (Å²) in [7, 11) is 3.30. The Morgan fingerprint density at radius 2 is 1.20 bits per heavy atom. The van der Waals surface area contributed by atoms with Crippen molar-refractivity contribution in [2.75, 3.05) is 40.6 Å². The minimum absolute atomic E-state index is 0. The number of hydrogen-bond donors (Lipinski definition) is 0. The van der Waals surface area contributed by atoms with E-state index in [0.717, 1.165) is 0 Å². The third-order valence-electron chi connectivity index (χ3n) is 0.864. The number of rotatable bonds is 6. The molecule has 0 heterocycles. The van der Waals surface area contributed by atoms with Gasteiger partial charge in [-0.05, 0) is 0 Å². The van der Waals surface area contributed by atoms with Gasteiger partial charge in [0.2, 0.25) is 0 Å². The molecule has 0 fully saturated rings. The molecule has 0 bridgehead atoms. The van der Waals surface area contributed by atoms with Gasteiger partial charge >= 0.3 is 0 Å². The Bertz CT molecular complexity index is 46.3. The summed E-state index contributed by atoms with van der Waals surface area (Å²) in [4.78, 5) is 0. The van der Waals surface area contributed by atoms with E-state index in [0.29, 0.717) is 26.4 Å². The maximum absolute atomic E-state index is 5.06. The van der Waals surface area contributed by atoms with Gasteiger partial charge in [-0.1, -0.05) is 0 Å². The molecule has 4 heteroatoms. The van der Waals surface area contributed by atoms with Gasteiger partial charge in [0.25, 0.3) is 0 Å². The van der Waals surface area contributed by atoms with Gasteiger partial charge in [0, 0.05) is 52.0 Å². The fraction of sp³-hybridized carbons (Fsp3) is 1.00. The van der Waals surface area contributed by atoms with Crippen LogP contribution in [0, 0.1) is 37.7 Å². The Balaban J connectivity index is 0. The molecule has 0 saturated carbocycles. The molecule has 0 aromatic rings. The van der Waals surface area contributed by atoms with Crippen molar-refractivity contribution in [2.24, 2.45) is 0 Å². The molecule has 0 aliphatic rings. The maximum Gasteiger partial charge on any atom is 0.0701 e. The number of methoxy groups -OCH3 is 2. The van der Waals surface area contributed by atoms with Gasteiger partial charge in [-0.2, -0.15) is 0 Å². The van der Waals surface area contributed by atoms with Crippen molar-refractivity contribution < 1.29 is 51.9 Å². The summed E-state index contributed by atoms with van der Waals surface area (Å²) >= 11 is 0. The summed E-state index contributed by atoms with van der Waals surface area (Å²) in [5.74, 6) is 0. The zero-order valence-corrected chi connectivity index (χ0v) is 8.29. The molecule has 0 rings (SSSR count). The molecular formula is C6H14HoO3. The molecule has 3 nitrogen and oxygen atoms in total. The third kappa shape index (κ3) is 11.9. The molecule has 67 valence electrons. The van der Waals surface area contributed by atoms with Gasteiger partial charge in [0.05, 0.1) is 26.4 Å². The summed E-state index contributed by atoms with van der Waals surface area (Å²) < 4.78 is 14.6. The summed E-state index contributed by atoms with van der Waals surface area (Å²) in [6.45, 7) is 2.62. The van der Waals surface area contributed by atoms with E-state index in [9.17, 15) is 0 Å². The third-order valence-corrected chi connectivity index (χ3v) is 0.864. The number of ether oxygens (including phenoxy) is 3. The minimum Gasteiger partial charge on any atom is -0.382 e. The first kappa shape index (κ1) is 13.7. The van der Waals surface area contributed by atoms with E-state index in [4.69, 9.17) is 14.2 Å². The van der Waals surface area contributed by atoms with Crippen LogP contribution in [0.25, 0.3) is 0 Å². The Morgan fingerprint density at radius 3 is 1.50 bits per heavy atom. The van der Waals surface area contributed by atoms with Gasteiger partial charge < -0.3 is 14.2 Å². The molecule has 10 heavy (non-hydrogen) atoms. The molecule has 0 spiro atoms. The second kappa shape index (κ2) is 12.8. The van der Waals surface area contributed by atoms with E-state index < -0.39 is 0 Å². The smallest absolute Gasteiger partial charge is 0.0701 e. The predicted molar refractivity (Wildman–Crippen MR) is 34.6 cm³/mol. The van der Waals surface area contributed by atoms with E-state index in [1.54, 1.807) is 14.2 Å². The van der Waals surface area contributed by atoms with Crippen molar-refractivity contribution in [1.29, 1.82) is 0 Å². The van der Waals surface area contributed by atoms with Crippen molar-refractivity contribution in [1.82, 2.24) is 0 Å². The van der Waals surface area contributed by atoms with Crippen LogP contribution in [0.3, 0.4) is 0 Å². The van der Waals surface area contributed by atoms with E-state index in [2.05, 4.69) is 0 Å². The van der Waals surface area contributed by atoms with Gasteiger partial charge in [-0.3, -0.25) is 0 Å². The van der Waals surface area contributed by atoms with Crippen molar-refractivity contribution >= 4 is 0 Å². The van der Waals surface area contributed by atoms with E-state index in [1.807, 2.05) is 0 Å². The van der Waals surface area contributed by atoms with Crippen molar-refractivity contribution in [3.05, 3.63) is 0 Å². The summed E-state index contributed by atoms with van der Waals surface area (Å²) in [6.07, 6.45) is 0. The second-order valence-corrected chi connectivity index (χ2v) is 1.60. The predicted octanol–water partition coefficient (Wildman–Crippen LogP) is 0.296. The summed E-state index contributed by atoms with van der Waals surface area (Å²) in [6, 6.07) is 0. The second-order valence-electron chi connectivity index (χ2n) is 1.60. The van der Waals surface area contributed by atoms with Gasteiger partial charge in [-0.15, -0.1) is 0 Å². The van der Waals surface area contributed by atoms with Crippen LogP contribution < -0.4 is 0 Å². The molecule has 0 aromatic carbocycles. The Labute approximate surface area is 92.0 Å². The Hall–Kier alpha value is 1.14. The molecule has 1 radical (unpaired) electrons. The molecule has 0 amide bonds. The molecule has 0 unspecified atom stereocenters. The molecule has 0 aromatic heterocycles. The average molecular weight is 299 g/mol. The molecule has 0 N–H and O–H groups in total. The maximum atomic E-state index is 5.06. The number of hydrogen-bond acceptors (Lipinski definition) is 3. The fourth-order valence-corrected chi connectivity index (χ4v) is 0.387.